The normalized spacial score (nSPS) is 11.1. The summed E-state index contributed by atoms with van der Waals surface area (Å²) in [5.41, 5.74) is 1.94. The van der Waals surface area contributed by atoms with Crippen molar-refractivity contribution in [3.05, 3.63) is 82.4 Å². The average Bonchev–Trinajstić information content (AvgIpc) is 3.57. The van der Waals surface area contributed by atoms with Gasteiger partial charge in [0.2, 0.25) is 11.6 Å². The number of hydrogen-bond donors (Lipinski definition) is 0. The lowest BCUT2D eigenvalue weighted by Gasteiger charge is -2.12. The smallest absolute Gasteiger partial charge is 0.262 e. The Kier molecular flexibility index (Phi) is 6.91. The Balaban J connectivity index is 1.47. The summed E-state index contributed by atoms with van der Waals surface area (Å²) in [6.07, 6.45) is 1.59. The molecule has 3 aromatic heterocycles. The molecule has 5 rings (SSSR count). The molecular formula is C27H25N3O6S. The minimum atomic E-state index is -0.125. The van der Waals surface area contributed by atoms with E-state index in [-0.39, 0.29) is 12.1 Å². The summed E-state index contributed by atoms with van der Waals surface area (Å²) >= 11 is 1.41. The first-order valence-corrected chi connectivity index (χ1v) is 12.4. The van der Waals surface area contributed by atoms with Crippen LogP contribution in [0.25, 0.3) is 22.4 Å². The van der Waals surface area contributed by atoms with Crippen LogP contribution < -0.4 is 19.8 Å². The van der Waals surface area contributed by atoms with Crippen molar-refractivity contribution in [1.29, 1.82) is 0 Å². The second kappa shape index (κ2) is 10.4. The van der Waals surface area contributed by atoms with E-state index in [1.807, 2.05) is 31.2 Å². The van der Waals surface area contributed by atoms with Crippen molar-refractivity contribution in [2.75, 3.05) is 21.3 Å². The van der Waals surface area contributed by atoms with Crippen molar-refractivity contribution in [1.82, 2.24) is 14.5 Å². The van der Waals surface area contributed by atoms with Gasteiger partial charge in [-0.25, -0.2) is 9.97 Å². The van der Waals surface area contributed by atoms with E-state index in [1.165, 1.54) is 11.8 Å². The van der Waals surface area contributed by atoms with Gasteiger partial charge in [-0.3, -0.25) is 9.36 Å². The van der Waals surface area contributed by atoms with Crippen LogP contribution in [0.5, 0.6) is 17.2 Å². The number of fused-ring (bicyclic) bond motifs is 1. The number of nitrogens with zero attached hydrogens (tertiary/aromatic N) is 3. The summed E-state index contributed by atoms with van der Waals surface area (Å²) in [6, 6.07) is 14.5. The molecule has 10 heteroatoms. The van der Waals surface area contributed by atoms with E-state index in [4.69, 9.17) is 33.0 Å². The third kappa shape index (κ3) is 4.79. The van der Waals surface area contributed by atoms with Crippen LogP contribution in [0.4, 0.5) is 0 Å². The highest BCUT2D eigenvalue weighted by atomic mass is 32.2. The molecule has 0 aliphatic heterocycles. The van der Waals surface area contributed by atoms with Gasteiger partial charge < -0.3 is 23.0 Å². The lowest BCUT2D eigenvalue weighted by atomic mass is 10.2. The number of aromatic nitrogens is 3. The van der Waals surface area contributed by atoms with Crippen LogP contribution in [0.3, 0.4) is 0 Å². The Morgan fingerprint density at radius 1 is 0.973 bits per heavy atom. The quantitative estimate of drug-likeness (QED) is 0.189. The maximum Gasteiger partial charge on any atom is 0.262 e. The summed E-state index contributed by atoms with van der Waals surface area (Å²) in [4.78, 5) is 22.8. The van der Waals surface area contributed by atoms with Crippen LogP contribution >= 0.6 is 11.8 Å². The lowest BCUT2D eigenvalue weighted by molar-refractivity contribution is 0.324. The number of thioether (sulfide) groups is 1. The number of methoxy groups -OCH3 is 3. The Morgan fingerprint density at radius 3 is 2.41 bits per heavy atom. The second-order valence-electron chi connectivity index (χ2n) is 8.11. The number of benzene rings is 2. The molecule has 0 saturated carbocycles. The highest BCUT2D eigenvalue weighted by Crippen LogP contribution is 2.41. The molecular weight excluding hydrogens is 494 g/mol. The van der Waals surface area contributed by atoms with E-state index in [1.54, 1.807) is 56.4 Å². The highest BCUT2D eigenvalue weighted by Gasteiger charge is 2.20. The first kappa shape index (κ1) is 24.5. The van der Waals surface area contributed by atoms with Gasteiger partial charge >= 0.3 is 0 Å². The number of para-hydroxylation sites is 1. The summed E-state index contributed by atoms with van der Waals surface area (Å²) in [7, 11) is 4.67. The largest absolute Gasteiger partial charge is 0.493 e. The fourth-order valence-electron chi connectivity index (χ4n) is 3.98. The van der Waals surface area contributed by atoms with Crippen molar-refractivity contribution in [2.45, 2.75) is 24.4 Å². The summed E-state index contributed by atoms with van der Waals surface area (Å²) in [6.45, 7) is 2.13. The molecule has 0 N–H and O–H groups in total. The van der Waals surface area contributed by atoms with Gasteiger partial charge in [0.15, 0.2) is 16.7 Å². The molecule has 37 heavy (non-hydrogen) atoms. The number of rotatable bonds is 9. The molecule has 9 nitrogen and oxygen atoms in total. The SMILES string of the molecule is COc1cc(-c2nc(CSc3nc4ccccc4c(=O)n3Cc3ccco3)c(C)o2)cc(OC)c1OC. The van der Waals surface area contributed by atoms with Gasteiger partial charge in [0.25, 0.3) is 5.56 Å². The molecule has 0 unspecified atom stereocenters. The molecule has 190 valence electrons. The van der Waals surface area contributed by atoms with Gasteiger partial charge in [0.05, 0.1) is 50.7 Å². The lowest BCUT2D eigenvalue weighted by Crippen LogP contribution is -2.23. The van der Waals surface area contributed by atoms with Crippen molar-refractivity contribution >= 4 is 22.7 Å². The van der Waals surface area contributed by atoms with Crippen molar-refractivity contribution in [3.63, 3.8) is 0 Å². The molecule has 0 bridgehead atoms. The average molecular weight is 520 g/mol. The number of oxazole rings is 1. The monoisotopic (exact) mass is 519 g/mol. The summed E-state index contributed by atoms with van der Waals surface area (Å²) in [5, 5.41) is 1.12. The minimum Gasteiger partial charge on any atom is -0.493 e. The fourth-order valence-corrected chi connectivity index (χ4v) is 4.98. The fraction of sp³-hybridized carbons (Fsp3) is 0.222. The minimum absolute atomic E-state index is 0.125. The molecule has 3 heterocycles. The van der Waals surface area contributed by atoms with E-state index < -0.39 is 0 Å². The zero-order chi connectivity index (χ0) is 25.9. The molecule has 2 aromatic carbocycles. The Hall–Kier alpha value is -4.18. The standard InChI is InChI=1S/C27H25N3O6S/c1-16-21(28-25(36-16)17-12-22(32-2)24(34-4)23(13-17)33-3)15-37-27-29-20-10-6-5-9-19(20)26(31)30(27)14-18-8-7-11-35-18/h5-13H,14-15H2,1-4H3. The summed E-state index contributed by atoms with van der Waals surface area (Å²) < 4.78 is 29.4. The molecule has 0 fully saturated rings. The molecule has 0 saturated heterocycles. The van der Waals surface area contributed by atoms with Gasteiger partial charge in [0.1, 0.15) is 11.5 Å². The predicted molar refractivity (Wildman–Crippen MR) is 140 cm³/mol. The van der Waals surface area contributed by atoms with Crippen LogP contribution in [0.2, 0.25) is 0 Å². The van der Waals surface area contributed by atoms with E-state index in [0.717, 1.165) is 5.69 Å². The summed E-state index contributed by atoms with van der Waals surface area (Å²) in [5.74, 6) is 3.71. The van der Waals surface area contributed by atoms with E-state index in [9.17, 15) is 4.79 Å². The highest BCUT2D eigenvalue weighted by molar-refractivity contribution is 7.98. The Bertz CT molecular complexity index is 1580. The van der Waals surface area contributed by atoms with Gasteiger partial charge in [-0.1, -0.05) is 23.9 Å². The van der Waals surface area contributed by atoms with E-state index >= 15 is 0 Å². The van der Waals surface area contributed by atoms with Crippen molar-refractivity contribution in [2.24, 2.45) is 0 Å². The number of aryl methyl sites for hydroxylation is 1. The van der Waals surface area contributed by atoms with Gasteiger partial charge in [-0.2, -0.15) is 0 Å². The number of furan rings is 1. The third-order valence-corrected chi connectivity index (χ3v) is 6.85. The molecule has 5 aromatic rings. The molecule has 0 aliphatic rings. The molecule has 0 spiro atoms. The van der Waals surface area contributed by atoms with Crippen LogP contribution in [0.1, 0.15) is 17.2 Å². The first-order chi connectivity index (χ1) is 18.0. The van der Waals surface area contributed by atoms with Crippen LogP contribution in [-0.2, 0) is 12.3 Å². The van der Waals surface area contributed by atoms with Crippen LogP contribution in [0, 0.1) is 6.92 Å². The van der Waals surface area contributed by atoms with Crippen LogP contribution in [-0.4, -0.2) is 35.9 Å². The van der Waals surface area contributed by atoms with Crippen molar-refractivity contribution < 1.29 is 23.0 Å². The number of hydrogen-bond acceptors (Lipinski definition) is 9. The van der Waals surface area contributed by atoms with Crippen LogP contribution in [0.15, 0.2) is 73.6 Å². The maximum atomic E-state index is 13.3. The topological polar surface area (TPSA) is 102 Å². The van der Waals surface area contributed by atoms with E-state index in [2.05, 4.69) is 0 Å². The first-order valence-electron chi connectivity index (χ1n) is 11.4. The van der Waals surface area contributed by atoms with E-state index in [0.29, 0.717) is 62.0 Å². The maximum absolute atomic E-state index is 13.3. The second-order valence-corrected chi connectivity index (χ2v) is 9.05. The molecule has 0 aliphatic carbocycles. The van der Waals surface area contributed by atoms with Crippen molar-refractivity contribution in [3.8, 4) is 28.7 Å². The molecule has 0 radical (unpaired) electrons. The molecule has 0 amide bonds. The molecule has 0 atom stereocenters. The Labute approximate surface area is 217 Å². The third-order valence-electron chi connectivity index (χ3n) is 5.86. The number of ether oxygens (including phenoxy) is 3. The zero-order valence-electron chi connectivity index (χ0n) is 20.8. The van der Waals surface area contributed by atoms with Gasteiger partial charge in [-0.05, 0) is 43.3 Å². The zero-order valence-corrected chi connectivity index (χ0v) is 21.6. The Morgan fingerprint density at radius 2 is 1.73 bits per heavy atom. The predicted octanol–water partition coefficient (Wildman–Crippen LogP) is 5.32. The van der Waals surface area contributed by atoms with Gasteiger partial charge in [0, 0.05) is 11.3 Å². The van der Waals surface area contributed by atoms with Gasteiger partial charge in [-0.15, -0.1) is 0 Å².